The van der Waals surface area contributed by atoms with Crippen molar-refractivity contribution in [2.75, 3.05) is 0 Å². The second kappa shape index (κ2) is 6.84. The third kappa shape index (κ3) is 3.36. The van der Waals surface area contributed by atoms with Gasteiger partial charge in [0.25, 0.3) is 0 Å². The number of carbonyl (C=O) groups excluding carboxylic acids is 2. The van der Waals surface area contributed by atoms with E-state index < -0.39 is 0 Å². The number of ketones is 2. The monoisotopic (exact) mass is 379 g/mol. The van der Waals surface area contributed by atoms with Gasteiger partial charge in [0.2, 0.25) is 0 Å². The predicted octanol–water partition coefficient (Wildman–Crippen LogP) is 4.96. The Morgan fingerprint density at radius 1 is 1.23 bits per heavy atom. The summed E-state index contributed by atoms with van der Waals surface area (Å²) in [6, 6.07) is 7.82. The first-order chi connectivity index (χ1) is 10.3. The van der Waals surface area contributed by atoms with Crippen molar-refractivity contribution in [2.24, 2.45) is 0 Å². The van der Waals surface area contributed by atoms with Crippen LogP contribution in [0.25, 0.3) is 0 Å². The van der Waals surface area contributed by atoms with Gasteiger partial charge in [0.15, 0.2) is 11.6 Å². The summed E-state index contributed by atoms with van der Waals surface area (Å²) in [5.74, 6) is -0.00902. The molecule has 1 N–H and O–H groups in total. The lowest BCUT2D eigenvalue weighted by molar-refractivity contribution is 0.0988. The molecule has 1 atom stereocenters. The Hall–Kier alpha value is -1.33. The van der Waals surface area contributed by atoms with E-state index in [-0.39, 0.29) is 16.8 Å². The number of thioether (sulfide) groups is 1. The Morgan fingerprint density at radius 2 is 1.86 bits per heavy atom. The van der Waals surface area contributed by atoms with E-state index in [4.69, 9.17) is 0 Å². The minimum Gasteiger partial charge on any atom is -0.355 e. The number of aryl methyl sites for hydroxylation is 1. The molecule has 0 aliphatic heterocycles. The smallest absolute Gasteiger partial charge is 0.192 e. The molecule has 0 fully saturated rings. The SMILES string of the molecule is CC(=O)c1c(C)[nH]c(C(=O)C(C)Sc2ccccc2Br)c1C. The van der Waals surface area contributed by atoms with Gasteiger partial charge in [-0.3, -0.25) is 9.59 Å². The average molecular weight is 380 g/mol. The molecule has 1 heterocycles. The molecule has 0 saturated heterocycles. The summed E-state index contributed by atoms with van der Waals surface area (Å²) in [6.45, 7) is 7.06. The second-order valence-corrected chi connectivity index (χ2v) is 7.47. The van der Waals surface area contributed by atoms with Crippen LogP contribution in [0.5, 0.6) is 0 Å². The van der Waals surface area contributed by atoms with Crippen LogP contribution < -0.4 is 0 Å². The van der Waals surface area contributed by atoms with Crippen LogP contribution in [-0.2, 0) is 0 Å². The maximum Gasteiger partial charge on any atom is 0.192 e. The first-order valence-corrected chi connectivity index (χ1v) is 8.65. The van der Waals surface area contributed by atoms with Gasteiger partial charge < -0.3 is 4.98 Å². The minimum atomic E-state index is -0.241. The normalized spacial score (nSPS) is 12.2. The van der Waals surface area contributed by atoms with Gasteiger partial charge in [0.05, 0.1) is 10.9 Å². The van der Waals surface area contributed by atoms with E-state index >= 15 is 0 Å². The summed E-state index contributed by atoms with van der Waals surface area (Å²) in [4.78, 5) is 28.5. The van der Waals surface area contributed by atoms with Gasteiger partial charge in [0.1, 0.15) is 0 Å². The van der Waals surface area contributed by atoms with Crippen molar-refractivity contribution < 1.29 is 9.59 Å². The van der Waals surface area contributed by atoms with Crippen molar-refractivity contribution in [1.82, 2.24) is 4.98 Å². The molecule has 0 aliphatic carbocycles. The molecular formula is C17H18BrNO2S. The number of hydrogen-bond acceptors (Lipinski definition) is 3. The Balaban J connectivity index is 2.27. The zero-order valence-corrected chi connectivity index (χ0v) is 15.4. The highest BCUT2D eigenvalue weighted by molar-refractivity contribution is 9.10. The summed E-state index contributed by atoms with van der Waals surface area (Å²) in [5, 5.41) is -0.241. The van der Waals surface area contributed by atoms with Crippen LogP contribution in [0.2, 0.25) is 0 Å². The van der Waals surface area contributed by atoms with Crippen LogP contribution in [-0.4, -0.2) is 21.8 Å². The number of aromatic nitrogens is 1. The van der Waals surface area contributed by atoms with E-state index in [1.54, 1.807) is 0 Å². The first-order valence-electron chi connectivity index (χ1n) is 6.98. The van der Waals surface area contributed by atoms with Gasteiger partial charge in [-0.25, -0.2) is 0 Å². The molecule has 1 aromatic heterocycles. The van der Waals surface area contributed by atoms with E-state index in [1.165, 1.54) is 18.7 Å². The molecule has 0 saturated carbocycles. The maximum atomic E-state index is 12.7. The molecular weight excluding hydrogens is 362 g/mol. The summed E-state index contributed by atoms with van der Waals surface area (Å²) < 4.78 is 0.975. The predicted molar refractivity (Wildman–Crippen MR) is 94.1 cm³/mol. The molecule has 2 aromatic rings. The highest BCUT2D eigenvalue weighted by atomic mass is 79.9. The van der Waals surface area contributed by atoms with Crippen LogP contribution in [0.1, 0.15) is 46.0 Å². The molecule has 0 bridgehead atoms. The average Bonchev–Trinajstić information content (AvgIpc) is 2.75. The quantitative estimate of drug-likeness (QED) is 0.589. The molecule has 1 aromatic carbocycles. The van der Waals surface area contributed by atoms with Crippen molar-refractivity contribution >= 4 is 39.3 Å². The lowest BCUT2D eigenvalue weighted by atomic mass is 10.0. The van der Waals surface area contributed by atoms with Crippen LogP contribution in [0.3, 0.4) is 0 Å². The topological polar surface area (TPSA) is 49.9 Å². The summed E-state index contributed by atoms with van der Waals surface area (Å²) in [7, 11) is 0. The summed E-state index contributed by atoms with van der Waals surface area (Å²) >= 11 is 5.00. The Labute approximate surface area is 143 Å². The zero-order valence-electron chi connectivity index (χ0n) is 13.0. The number of nitrogens with one attached hydrogen (secondary N) is 1. The van der Waals surface area contributed by atoms with E-state index in [0.29, 0.717) is 11.3 Å². The van der Waals surface area contributed by atoms with Gasteiger partial charge >= 0.3 is 0 Å². The van der Waals surface area contributed by atoms with Crippen molar-refractivity contribution in [2.45, 2.75) is 37.8 Å². The van der Waals surface area contributed by atoms with Gasteiger partial charge in [-0.2, -0.15) is 0 Å². The Bertz CT molecular complexity index is 736. The number of rotatable bonds is 5. The molecule has 0 radical (unpaired) electrons. The fourth-order valence-electron chi connectivity index (χ4n) is 2.51. The highest BCUT2D eigenvalue weighted by Gasteiger charge is 2.24. The number of H-pyrrole nitrogens is 1. The second-order valence-electron chi connectivity index (χ2n) is 5.24. The molecule has 5 heteroatoms. The van der Waals surface area contributed by atoms with Gasteiger partial charge in [0, 0.05) is 20.6 Å². The fraction of sp³-hybridized carbons (Fsp3) is 0.294. The van der Waals surface area contributed by atoms with Crippen molar-refractivity contribution in [3.05, 3.63) is 51.3 Å². The molecule has 0 amide bonds. The van der Waals surface area contributed by atoms with Gasteiger partial charge in [-0.1, -0.05) is 12.1 Å². The van der Waals surface area contributed by atoms with Crippen LogP contribution >= 0.6 is 27.7 Å². The van der Waals surface area contributed by atoms with Crippen molar-refractivity contribution in [3.63, 3.8) is 0 Å². The number of benzene rings is 1. The van der Waals surface area contributed by atoms with Crippen molar-refractivity contribution in [3.8, 4) is 0 Å². The summed E-state index contributed by atoms with van der Waals surface area (Å²) in [5.41, 5.74) is 2.66. The lowest BCUT2D eigenvalue weighted by Gasteiger charge is -2.11. The Morgan fingerprint density at radius 3 is 2.41 bits per heavy atom. The van der Waals surface area contributed by atoms with Crippen LogP contribution in [0.4, 0.5) is 0 Å². The van der Waals surface area contributed by atoms with Crippen molar-refractivity contribution in [1.29, 1.82) is 0 Å². The van der Waals surface area contributed by atoms with E-state index in [0.717, 1.165) is 20.6 Å². The minimum absolute atomic E-state index is 0.00820. The number of Topliss-reactive ketones (excluding diaryl/α,β-unsaturated/α-hetero) is 2. The summed E-state index contributed by atoms with van der Waals surface area (Å²) in [6.07, 6.45) is 0. The molecule has 116 valence electrons. The molecule has 1 unspecified atom stereocenters. The maximum absolute atomic E-state index is 12.7. The first kappa shape index (κ1) is 17.0. The molecule has 3 nitrogen and oxygen atoms in total. The third-order valence-corrected chi connectivity index (χ3v) is 5.68. The lowest BCUT2D eigenvalue weighted by Crippen LogP contribution is -2.15. The Kier molecular flexibility index (Phi) is 5.29. The third-order valence-electron chi connectivity index (χ3n) is 3.55. The van der Waals surface area contributed by atoms with E-state index in [1.807, 2.05) is 45.0 Å². The zero-order chi connectivity index (χ0) is 16.4. The number of carbonyl (C=O) groups is 2. The largest absolute Gasteiger partial charge is 0.355 e. The molecule has 2 rings (SSSR count). The van der Waals surface area contributed by atoms with Gasteiger partial charge in [-0.05, 0) is 61.3 Å². The standard InChI is InChI=1S/C17H18BrNO2S/c1-9-15(11(3)20)10(2)19-16(9)17(21)12(4)22-14-8-6-5-7-13(14)18/h5-8,12,19H,1-4H3. The van der Waals surface area contributed by atoms with E-state index in [9.17, 15) is 9.59 Å². The number of hydrogen-bond donors (Lipinski definition) is 1. The number of aromatic amines is 1. The fourth-order valence-corrected chi connectivity index (χ4v) is 4.02. The highest BCUT2D eigenvalue weighted by Crippen LogP contribution is 2.32. The van der Waals surface area contributed by atoms with Crippen LogP contribution in [0, 0.1) is 13.8 Å². The van der Waals surface area contributed by atoms with Crippen LogP contribution in [0.15, 0.2) is 33.6 Å². The van der Waals surface area contributed by atoms with E-state index in [2.05, 4.69) is 20.9 Å². The number of halogens is 1. The molecule has 0 aliphatic rings. The molecule has 22 heavy (non-hydrogen) atoms. The molecule has 0 spiro atoms. The van der Waals surface area contributed by atoms with Gasteiger partial charge in [-0.15, -0.1) is 11.8 Å².